The van der Waals surface area contributed by atoms with Crippen molar-refractivity contribution in [3.8, 4) is 12.1 Å². The lowest BCUT2D eigenvalue weighted by Crippen LogP contribution is -1.98. The van der Waals surface area contributed by atoms with Crippen LogP contribution in [0.4, 0.5) is 0 Å². The first kappa shape index (κ1) is 9.82. The van der Waals surface area contributed by atoms with Gasteiger partial charge in [0.2, 0.25) is 0 Å². The Morgan fingerprint density at radius 1 is 1.19 bits per heavy atom. The van der Waals surface area contributed by atoms with E-state index < -0.39 is 0 Å². The van der Waals surface area contributed by atoms with E-state index in [2.05, 4.69) is 4.98 Å². The van der Waals surface area contributed by atoms with Crippen LogP contribution >= 0.6 is 0 Å². The van der Waals surface area contributed by atoms with Crippen molar-refractivity contribution in [2.24, 2.45) is 5.73 Å². The Balaban J connectivity index is 2.72. The summed E-state index contributed by atoms with van der Waals surface area (Å²) in [5.74, 6) is 0. The van der Waals surface area contributed by atoms with E-state index in [-0.39, 0.29) is 11.3 Å². The molecule has 1 aromatic heterocycles. The normalized spacial score (nSPS) is 9.38. The molecule has 16 heavy (non-hydrogen) atoms. The monoisotopic (exact) mass is 208 g/mol. The quantitative estimate of drug-likeness (QED) is 0.701. The topological polar surface area (TPSA) is 89.4 Å². The van der Waals surface area contributed by atoms with Crippen molar-refractivity contribution in [2.75, 3.05) is 0 Å². The summed E-state index contributed by atoms with van der Waals surface area (Å²) in [6, 6.07) is 11.1. The third-order valence-corrected chi connectivity index (χ3v) is 2.37. The Kier molecular flexibility index (Phi) is 2.33. The minimum absolute atomic E-state index is 0.0650. The number of rotatable bonds is 1. The van der Waals surface area contributed by atoms with Crippen LogP contribution in [-0.2, 0) is 0 Å². The molecule has 4 heteroatoms. The second-order valence-electron chi connectivity index (χ2n) is 3.26. The molecule has 0 spiro atoms. The van der Waals surface area contributed by atoms with E-state index in [1.165, 1.54) is 0 Å². The van der Waals surface area contributed by atoms with Gasteiger partial charge < -0.3 is 10.7 Å². The number of allylic oxidation sites excluding steroid dienone is 1. The van der Waals surface area contributed by atoms with Gasteiger partial charge in [0.1, 0.15) is 12.1 Å². The molecule has 4 nitrogen and oxygen atoms in total. The molecule has 0 aliphatic heterocycles. The molecule has 2 aromatic rings. The number of hydrogen-bond donors (Lipinski definition) is 2. The molecule has 0 saturated heterocycles. The number of para-hydroxylation sites is 1. The standard InChI is InChI=1S/C12H8N4/c13-5-8(6-14)12(15)10-7-16-11-4-2-1-3-9(10)11/h1-4,7,16H,15H2. The summed E-state index contributed by atoms with van der Waals surface area (Å²) in [5, 5.41) is 18.4. The van der Waals surface area contributed by atoms with Crippen LogP contribution < -0.4 is 5.73 Å². The molecule has 0 amide bonds. The lowest BCUT2D eigenvalue weighted by Gasteiger charge is -1.98. The van der Waals surface area contributed by atoms with Crippen molar-refractivity contribution in [1.82, 2.24) is 4.98 Å². The number of hydrogen-bond acceptors (Lipinski definition) is 3. The molecule has 0 radical (unpaired) electrons. The lowest BCUT2D eigenvalue weighted by molar-refractivity contribution is 1.42. The Bertz CT molecular complexity index is 633. The zero-order chi connectivity index (χ0) is 11.5. The Morgan fingerprint density at radius 3 is 2.56 bits per heavy atom. The lowest BCUT2D eigenvalue weighted by atomic mass is 10.1. The second-order valence-corrected chi connectivity index (χ2v) is 3.26. The van der Waals surface area contributed by atoms with Gasteiger partial charge in [-0.25, -0.2) is 0 Å². The highest BCUT2D eigenvalue weighted by molar-refractivity contribution is 5.93. The molecule has 0 aliphatic carbocycles. The average Bonchev–Trinajstić information content (AvgIpc) is 2.74. The third kappa shape index (κ3) is 1.39. The highest BCUT2D eigenvalue weighted by atomic mass is 14.7. The zero-order valence-electron chi connectivity index (χ0n) is 8.36. The maximum absolute atomic E-state index is 8.75. The van der Waals surface area contributed by atoms with Crippen molar-refractivity contribution < 1.29 is 0 Å². The van der Waals surface area contributed by atoms with Crippen LogP contribution in [-0.4, -0.2) is 4.98 Å². The minimum atomic E-state index is -0.0650. The van der Waals surface area contributed by atoms with Crippen LogP contribution in [0.5, 0.6) is 0 Å². The van der Waals surface area contributed by atoms with Crippen molar-refractivity contribution in [2.45, 2.75) is 0 Å². The van der Waals surface area contributed by atoms with Gasteiger partial charge >= 0.3 is 0 Å². The van der Waals surface area contributed by atoms with E-state index in [0.29, 0.717) is 5.56 Å². The van der Waals surface area contributed by atoms with Crippen molar-refractivity contribution in [1.29, 1.82) is 10.5 Å². The molecular formula is C12H8N4. The summed E-state index contributed by atoms with van der Waals surface area (Å²) in [5.41, 5.74) is 7.55. The fourth-order valence-corrected chi connectivity index (χ4v) is 1.57. The molecule has 0 bridgehead atoms. The number of nitriles is 2. The second kappa shape index (κ2) is 3.80. The number of fused-ring (bicyclic) bond motifs is 1. The summed E-state index contributed by atoms with van der Waals surface area (Å²) in [4.78, 5) is 3.04. The van der Waals surface area contributed by atoms with Gasteiger partial charge in [0.05, 0.1) is 5.70 Å². The van der Waals surface area contributed by atoms with E-state index in [0.717, 1.165) is 10.9 Å². The van der Waals surface area contributed by atoms with Crippen LogP contribution in [0.15, 0.2) is 36.0 Å². The molecule has 1 aromatic carbocycles. The number of benzene rings is 1. The van der Waals surface area contributed by atoms with Crippen LogP contribution in [0.2, 0.25) is 0 Å². The van der Waals surface area contributed by atoms with Crippen LogP contribution in [0, 0.1) is 22.7 Å². The first-order valence-electron chi connectivity index (χ1n) is 4.64. The van der Waals surface area contributed by atoms with E-state index >= 15 is 0 Å². The summed E-state index contributed by atoms with van der Waals surface area (Å²) in [6.07, 6.45) is 1.70. The largest absolute Gasteiger partial charge is 0.397 e. The Hall–Kier alpha value is -2.72. The average molecular weight is 208 g/mol. The summed E-state index contributed by atoms with van der Waals surface area (Å²) in [7, 11) is 0. The first-order chi connectivity index (χ1) is 7.77. The SMILES string of the molecule is N#CC(C#N)=C(N)c1c[nH]c2ccccc12. The number of H-pyrrole nitrogens is 1. The van der Waals surface area contributed by atoms with Gasteiger partial charge in [-0.05, 0) is 6.07 Å². The maximum Gasteiger partial charge on any atom is 0.153 e. The molecular weight excluding hydrogens is 200 g/mol. The van der Waals surface area contributed by atoms with Crippen LogP contribution in [0.3, 0.4) is 0 Å². The van der Waals surface area contributed by atoms with Gasteiger partial charge in [-0.15, -0.1) is 0 Å². The van der Waals surface area contributed by atoms with E-state index in [1.807, 2.05) is 24.3 Å². The van der Waals surface area contributed by atoms with E-state index in [1.54, 1.807) is 18.3 Å². The number of nitrogens with one attached hydrogen (secondary N) is 1. The number of nitrogens with two attached hydrogens (primary N) is 1. The molecule has 0 aliphatic rings. The molecule has 0 unspecified atom stereocenters. The molecule has 76 valence electrons. The molecule has 0 fully saturated rings. The Morgan fingerprint density at radius 2 is 1.88 bits per heavy atom. The smallest absolute Gasteiger partial charge is 0.153 e. The Labute approximate surface area is 92.2 Å². The molecule has 1 heterocycles. The predicted octanol–water partition coefficient (Wildman–Crippen LogP) is 1.88. The van der Waals surface area contributed by atoms with Gasteiger partial charge in [-0.1, -0.05) is 18.2 Å². The van der Waals surface area contributed by atoms with Crippen LogP contribution in [0.1, 0.15) is 5.56 Å². The van der Waals surface area contributed by atoms with Gasteiger partial charge in [-0.3, -0.25) is 0 Å². The molecule has 0 atom stereocenters. The summed E-state index contributed by atoms with van der Waals surface area (Å²) >= 11 is 0. The number of aromatic nitrogens is 1. The van der Waals surface area contributed by atoms with E-state index in [9.17, 15) is 0 Å². The van der Waals surface area contributed by atoms with Crippen molar-refractivity contribution in [3.63, 3.8) is 0 Å². The maximum atomic E-state index is 8.75. The predicted molar refractivity (Wildman–Crippen MR) is 60.6 cm³/mol. The van der Waals surface area contributed by atoms with Crippen LogP contribution in [0.25, 0.3) is 16.6 Å². The highest BCUT2D eigenvalue weighted by Crippen LogP contribution is 2.23. The fraction of sp³-hybridized carbons (Fsp3) is 0. The first-order valence-corrected chi connectivity index (χ1v) is 4.64. The van der Waals surface area contributed by atoms with Gasteiger partial charge in [-0.2, -0.15) is 10.5 Å². The summed E-state index contributed by atoms with van der Waals surface area (Å²) < 4.78 is 0. The number of nitrogens with zero attached hydrogens (tertiary/aromatic N) is 2. The van der Waals surface area contributed by atoms with Crippen molar-refractivity contribution >= 4 is 16.6 Å². The third-order valence-electron chi connectivity index (χ3n) is 2.37. The highest BCUT2D eigenvalue weighted by Gasteiger charge is 2.09. The number of aromatic amines is 1. The minimum Gasteiger partial charge on any atom is -0.397 e. The molecule has 2 rings (SSSR count). The van der Waals surface area contributed by atoms with Gasteiger partial charge in [0, 0.05) is 22.7 Å². The molecule has 0 saturated carbocycles. The van der Waals surface area contributed by atoms with Gasteiger partial charge in [0.15, 0.2) is 5.57 Å². The molecule has 3 N–H and O–H groups in total. The summed E-state index contributed by atoms with van der Waals surface area (Å²) in [6.45, 7) is 0. The van der Waals surface area contributed by atoms with Gasteiger partial charge in [0.25, 0.3) is 0 Å². The van der Waals surface area contributed by atoms with Crippen molar-refractivity contribution in [3.05, 3.63) is 41.6 Å². The van der Waals surface area contributed by atoms with E-state index in [4.69, 9.17) is 16.3 Å². The fourth-order valence-electron chi connectivity index (χ4n) is 1.57. The zero-order valence-corrected chi connectivity index (χ0v) is 8.36.